The first-order chi connectivity index (χ1) is 7.77. The maximum Gasteiger partial charge on any atom is 0.0393 e. The van der Waals surface area contributed by atoms with Crippen molar-refractivity contribution in [1.82, 2.24) is 0 Å². The molecule has 2 aromatic carbocycles. The monoisotopic (exact) mass is 213 g/mol. The molecule has 0 fully saturated rings. The average molecular weight is 213 g/mol. The first-order valence-electron chi connectivity index (χ1n) is 5.69. The second kappa shape index (κ2) is 5.96. The van der Waals surface area contributed by atoms with Gasteiger partial charge in [0.25, 0.3) is 0 Å². The fourth-order valence-electron chi connectivity index (χ4n) is 1.49. The van der Waals surface area contributed by atoms with Gasteiger partial charge in [-0.05, 0) is 18.6 Å². The first-order valence-corrected chi connectivity index (χ1v) is 5.69. The molecule has 0 aliphatic carbocycles. The minimum absolute atomic E-state index is 0.830. The Balaban J connectivity index is 0.000000606. The first kappa shape index (κ1) is 12.3. The second-order valence-corrected chi connectivity index (χ2v) is 3.45. The van der Waals surface area contributed by atoms with Gasteiger partial charge in [0.1, 0.15) is 0 Å². The lowest BCUT2D eigenvalue weighted by molar-refractivity contribution is 1.47. The SMILES string of the molecule is CC.Cc1ccc(-c2ccccc2N)cc1. The number of anilines is 1. The molecule has 0 spiro atoms. The molecule has 0 unspecified atom stereocenters. The summed E-state index contributed by atoms with van der Waals surface area (Å²) in [5, 5.41) is 0. The van der Waals surface area contributed by atoms with Crippen molar-refractivity contribution in [2.75, 3.05) is 5.73 Å². The highest BCUT2D eigenvalue weighted by molar-refractivity contribution is 5.76. The summed E-state index contributed by atoms with van der Waals surface area (Å²) in [7, 11) is 0. The average Bonchev–Trinajstić information content (AvgIpc) is 2.34. The molecule has 0 saturated carbocycles. The Morgan fingerprint density at radius 3 is 1.94 bits per heavy atom. The lowest BCUT2D eigenvalue weighted by Gasteiger charge is -2.05. The van der Waals surface area contributed by atoms with Crippen LogP contribution < -0.4 is 5.73 Å². The maximum absolute atomic E-state index is 5.89. The number of hydrogen-bond donors (Lipinski definition) is 1. The van der Waals surface area contributed by atoms with Gasteiger partial charge in [-0.3, -0.25) is 0 Å². The fourth-order valence-corrected chi connectivity index (χ4v) is 1.49. The minimum atomic E-state index is 0.830. The van der Waals surface area contributed by atoms with Gasteiger partial charge in [-0.15, -0.1) is 0 Å². The van der Waals surface area contributed by atoms with Crippen molar-refractivity contribution in [3.05, 3.63) is 54.1 Å². The van der Waals surface area contributed by atoms with E-state index in [4.69, 9.17) is 5.73 Å². The Bertz CT molecular complexity index is 429. The van der Waals surface area contributed by atoms with Gasteiger partial charge < -0.3 is 5.73 Å². The zero-order chi connectivity index (χ0) is 12.0. The van der Waals surface area contributed by atoms with Gasteiger partial charge in [0.2, 0.25) is 0 Å². The summed E-state index contributed by atoms with van der Waals surface area (Å²) in [6.45, 7) is 6.08. The predicted molar refractivity (Wildman–Crippen MR) is 72.4 cm³/mol. The molecule has 16 heavy (non-hydrogen) atoms. The summed E-state index contributed by atoms with van der Waals surface area (Å²) in [5.41, 5.74) is 10.3. The molecule has 0 heterocycles. The van der Waals surface area contributed by atoms with Crippen LogP contribution in [0.3, 0.4) is 0 Å². The van der Waals surface area contributed by atoms with E-state index in [1.807, 2.05) is 38.1 Å². The van der Waals surface area contributed by atoms with Crippen LogP contribution in [0, 0.1) is 6.92 Å². The van der Waals surface area contributed by atoms with E-state index in [1.54, 1.807) is 0 Å². The van der Waals surface area contributed by atoms with Gasteiger partial charge in [0, 0.05) is 11.3 Å². The number of para-hydroxylation sites is 1. The molecular formula is C15H19N. The highest BCUT2D eigenvalue weighted by atomic mass is 14.6. The van der Waals surface area contributed by atoms with Crippen LogP contribution in [0.2, 0.25) is 0 Å². The van der Waals surface area contributed by atoms with Gasteiger partial charge in [-0.2, -0.15) is 0 Å². The zero-order valence-electron chi connectivity index (χ0n) is 10.2. The van der Waals surface area contributed by atoms with Gasteiger partial charge in [0.15, 0.2) is 0 Å². The summed E-state index contributed by atoms with van der Waals surface area (Å²) in [6.07, 6.45) is 0. The summed E-state index contributed by atoms with van der Waals surface area (Å²) in [4.78, 5) is 0. The molecule has 84 valence electrons. The molecule has 0 amide bonds. The minimum Gasteiger partial charge on any atom is -0.398 e. The number of hydrogen-bond acceptors (Lipinski definition) is 1. The van der Waals surface area contributed by atoms with Crippen LogP contribution in [-0.4, -0.2) is 0 Å². The molecule has 2 N–H and O–H groups in total. The van der Waals surface area contributed by atoms with E-state index in [-0.39, 0.29) is 0 Å². The molecule has 1 heteroatoms. The molecule has 2 aromatic rings. The van der Waals surface area contributed by atoms with E-state index in [2.05, 4.69) is 31.2 Å². The molecule has 0 atom stereocenters. The molecule has 1 nitrogen and oxygen atoms in total. The summed E-state index contributed by atoms with van der Waals surface area (Å²) in [6, 6.07) is 16.3. The fraction of sp³-hybridized carbons (Fsp3) is 0.200. The summed E-state index contributed by atoms with van der Waals surface area (Å²) in [5.74, 6) is 0. The van der Waals surface area contributed by atoms with Crippen molar-refractivity contribution in [1.29, 1.82) is 0 Å². The molecule has 0 aliphatic heterocycles. The van der Waals surface area contributed by atoms with Crippen molar-refractivity contribution < 1.29 is 0 Å². The van der Waals surface area contributed by atoms with E-state index in [1.165, 1.54) is 11.1 Å². The molecule has 0 bridgehead atoms. The van der Waals surface area contributed by atoms with Crippen LogP contribution in [0.1, 0.15) is 19.4 Å². The Morgan fingerprint density at radius 1 is 0.812 bits per heavy atom. The van der Waals surface area contributed by atoms with E-state index in [0.717, 1.165) is 11.3 Å². The van der Waals surface area contributed by atoms with Crippen molar-refractivity contribution in [3.63, 3.8) is 0 Å². The largest absolute Gasteiger partial charge is 0.398 e. The number of aryl methyl sites for hydroxylation is 1. The number of nitrogens with two attached hydrogens (primary N) is 1. The zero-order valence-corrected chi connectivity index (χ0v) is 10.2. The van der Waals surface area contributed by atoms with Crippen LogP contribution in [-0.2, 0) is 0 Å². The molecule has 2 rings (SSSR count). The van der Waals surface area contributed by atoms with Crippen LogP contribution in [0.4, 0.5) is 5.69 Å². The lowest BCUT2D eigenvalue weighted by Crippen LogP contribution is -1.88. The second-order valence-electron chi connectivity index (χ2n) is 3.45. The number of benzene rings is 2. The molecule has 0 radical (unpaired) electrons. The Morgan fingerprint density at radius 2 is 1.38 bits per heavy atom. The van der Waals surface area contributed by atoms with Crippen molar-refractivity contribution in [3.8, 4) is 11.1 Å². The van der Waals surface area contributed by atoms with Crippen molar-refractivity contribution in [2.24, 2.45) is 0 Å². The summed E-state index contributed by atoms with van der Waals surface area (Å²) < 4.78 is 0. The van der Waals surface area contributed by atoms with E-state index in [9.17, 15) is 0 Å². The normalized spacial score (nSPS) is 9.19. The quantitative estimate of drug-likeness (QED) is 0.703. The van der Waals surface area contributed by atoms with Crippen LogP contribution >= 0.6 is 0 Å². The van der Waals surface area contributed by atoms with E-state index < -0.39 is 0 Å². The Hall–Kier alpha value is -1.76. The highest BCUT2D eigenvalue weighted by Crippen LogP contribution is 2.25. The Labute approximate surface area is 97.9 Å². The smallest absolute Gasteiger partial charge is 0.0393 e. The number of rotatable bonds is 1. The standard InChI is InChI=1S/C13H13N.C2H6/c1-10-6-8-11(9-7-10)12-4-2-3-5-13(12)14;1-2/h2-9H,14H2,1H3;1-2H3. The molecule has 0 aliphatic rings. The van der Waals surface area contributed by atoms with Gasteiger partial charge >= 0.3 is 0 Å². The molecular weight excluding hydrogens is 194 g/mol. The molecule has 0 aromatic heterocycles. The van der Waals surface area contributed by atoms with Gasteiger partial charge in [0.05, 0.1) is 0 Å². The van der Waals surface area contributed by atoms with Crippen LogP contribution in [0.5, 0.6) is 0 Å². The van der Waals surface area contributed by atoms with Crippen molar-refractivity contribution in [2.45, 2.75) is 20.8 Å². The lowest BCUT2D eigenvalue weighted by atomic mass is 10.0. The third-order valence-corrected chi connectivity index (χ3v) is 2.32. The van der Waals surface area contributed by atoms with Gasteiger partial charge in [-0.25, -0.2) is 0 Å². The Kier molecular flexibility index (Phi) is 4.59. The van der Waals surface area contributed by atoms with Crippen LogP contribution in [0.25, 0.3) is 11.1 Å². The van der Waals surface area contributed by atoms with E-state index >= 15 is 0 Å². The third-order valence-electron chi connectivity index (χ3n) is 2.32. The van der Waals surface area contributed by atoms with Crippen LogP contribution in [0.15, 0.2) is 48.5 Å². The molecule has 0 saturated heterocycles. The highest BCUT2D eigenvalue weighted by Gasteiger charge is 1.99. The third kappa shape index (κ3) is 2.86. The van der Waals surface area contributed by atoms with Crippen molar-refractivity contribution >= 4 is 5.69 Å². The van der Waals surface area contributed by atoms with Gasteiger partial charge in [-0.1, -0.05) is 61.9 Å². The topological polar surface area (TPSA) is 26.0 Å². The summed E-state index contributed by atoms with van der Waals surface area (Å²) >= 11 is 0. The van der Waals surface area contributed by atoms with E-state index in [0.29, 0.717) is 0 Å². The maximum atomic E-state index is 5.89. The predicted octanol–water partition coefficient (Wildman–Crippen LogP) is 4.27. The number of nitrogen functional groups attached to an aromatic ring is 1.